The lowest BCUT2D eigenvalue weighted by molar-refractivity contribution is 0.0759. The van der Waals surface area contributed by atoms with Crippen LogP contribution < -0.4 is 5.73 Å². The van der Waals surface area contributed by atoms with Crippen molar-refractivity contribution in [2.75, 3.05) is 18.8 Å². The predicted octanol–water partition coefficient (Wildman–Crippen LogP) is 2.25. The fourth-order valence-electron chi connectivity index (χ4n) is 2.50. The fraction of sp³-hybridized carbons (Fsp3) is 0.250. The molecule has 1 aromatic heterocycles. The third-order valence-corrected chi connectivity index (χ3v) is 3.56. The standard InChI is InChI=1S/C16H18N4O/c1-12-4-3-8-19(11-12)16(21)15-7-9-20(18-15)14-6-2-5-13(17)10-14/h2,4-7,9-10H,3,8,11,17H2,1H3. The molecule has 0 unspecified atom stereocenters. The van der Waals surface area contributed by atoms with Crippen molar-refractivity contribution in [2.45, 2.75) is 13.3 Å². The van der Waals surface area contributed by atoms with Crippen LogP contribution in [0.15, 0.2) is 48.2 Å². The van der Waals surface area contributed by atoms with E-state index in [1.54, 1.807) is 16.9 Å². The topological polar surface area (TPSA) is 64.2 Å². The van der Waals surface area contributed by atoms with Crippen molar-refractivity contribution in [2.24, 2.45) is 0 Å². The Balaban J connectivity index is 1.82. The van der Waals surface area contributed by atoms with Crippen molar-refractivity contribution in [3.05, 3.63) is 53.9 Å². The first-order chi connectivity index (χ1) is 10.1. The van der Waals surface area contributed by atoms with Gasteiger partial charge < -0.3 is 10.6 Å². The van der Waals surface area contributed by atoms with Crippen molar-refractivity contribution in [3.8, 4) is 5.69 Å². The summed E-state index contributed by atoms with van der Waals surface area (Å²) in [5.41, 5.74) is 8.99. The number of aromatic nitrogens is 2. The van der Waals surface area contributed by atoms with Gasteiger partial charge in [0.1, 0.15) is 0 Å². The van der Waals surface area contributed by atoms with Crippen LogP contribution in [0.25, 0.3) is 5.69 Å². The van der Waals surface area contributed by atoms with Crippen molar-refractivity contribution >= 4 is 11.6 Å². The molecule has 5 nitrogen and oxygen atoms in total. The summed E-state index contributed by atoms with van der Waals surface area (Å²) in [6.45, 7) is 3.48. The molecule has 1 aliphatic heterocycles. The summed E-state index contributed by atoms with van der Waals surface area (Å²) in [5.74, 6) is -0.0231. The molecule has 21 heavy (non-hydrogen) atoms. The second-order valence-electron chi connectivity index (χ2n) is 5.31. The van der Waals surface area contributed by atoms with Crippen molar-refractivity contribution in [1.82, 2.24) is 14.7 Å². The van der Waals surface area contributed by atoms with Crippen LogP contribution in [-0.2, 0) is 0 Å². The van der Waals surface area contributed by atoms with Gasteiger partial charge in [-0.05, 0) is 37.6 Å². The molecule has 1 aliphatic rings. The molecule has 0 saturated heterocycles. The van der Waals surface area contributed by atoms with Gasteiger partial charge in [0.05, 0.1) is 5.69 Å². The summed E-state index contributed by atoms with van der Waals surface area (Å²) in [6.07, 6.45) is 4.87. The number of anilines is 1. The van der Waals surface area contributed by atoms with Gasteiger partial charge >= 0.3 is 0 Å². The molecule has 0 radical (unpaired) electrons. The summed E-state index contributed by atoms with van der Waals surface area (Å²) >= 11 is 0. The lowest BCUT2D eigenvalue weighted by Gasteiger charge is -2.25. The summed E-state index contributed by atoms with van der Waals surface area (Å²) < 4.78 is 1.68. The number of carbonyl (C=O) groups is 1. The van der Waals surface area contributed by atoms with E-state index in [4.69, 9.17) is 5.73 Å². The average Bonchev–Trinajstić information content (AvgIpc) is 2.96. The number of rotatable bonds is 2. The SMILES string of the molecule is CC1=CCCN(C(=O)c2ccn(-c3cccc(N)c3)n2)C1. The molecule has 2 aromatic rings. The normalized spacial score (nSPS) is 14.9. The van der Waals surface area contributed by atoms with E-state index >= 15 is 0 Å². The molecular formula is C16H18N4O. The van der Waals surface area contributed by atoms with Crippen molar-refractivity contribution in [1.29, 1.82) is 0 Å². The largest absolute Gasteiger partial charge is 0.399 e. The quantitative estimate of drug-likeness (QED) is 0.678. The van der Waals surface area contributed by atoms with E-state index in [1.807, 2.05) is 36.1 Å². The number of nitrogens with zero attached hydrogens (tertiary/aromatic N) is 3. The van der Waals surface area contributed by atoms with Gasteiger partial charge in [-0.25, -0.2) is 4.68 Å². The Labute approximate surface area is 123 Å². The molecule has 5 heteroatoms. The highest BCUT2D eigenvalue weighted by Gasteiger charge is 2.20. The number of nitrogen functional groups attached to an aromatic ring is 1. The van der Waals surface area contributed by atoms with E-state index in [-0.39, 0.29) is 5.91 Å². The van der Waals surface area contributed by atoms with Crippen LogP contribution in [-0.4, -0.2) is 33.7 Å². The molecule has 2 heterocycles. The molecule has 2 N–H and O–H groups in total. The Morgan fingerprint density at radius 2 is 2.19 bits per heavy atom. The van der Waals surface area contributed by atoms with Gasteiger partial charge in [0, 0.05) is 25.0 Å². The van der Waals surface area contributed by atoms with E-state index in [0.717, 1.165) is 18.7 Å². The van der Waals surface area contributed by atoms with Gasteiger partial charge in [0.15, 0.2) is 5.69 Å². The molecular weight excluding hydrogens is 264 g/mol. The fourth-order valence-corrected chi connectivity index (χ4v) is 2.50. The predicted molar refractivity (Wildman–Crippen MR) is 82.3 cm³/mol. The maximum Gasteiger partial charge on any atom is 0.274 e. The second kappa shape index (κ2) is 5.44. The number of hydrogen-bond acceptors (Lipinski definition) is 3. The molecule has 1 amide bonds. The first kappa shape index (κ1) is 13.4. The molecule has 0 atom stereocenters. The molecule has 0 aliphatic carbocycles. The van der Waals surface area contributed by atoms with Gasteiger partial charge in [-0.1, -0.05) is 17.7 Å². The summed E-state index contributed by atoms with van der Waals surface area (Å²) in [4.78, 5) is 14.3. The average molecular weight is 282 g/mol. The number of amides is 1. The maximum atomic E-state index is 12.5. The van der Waals surface area contributed by atoms with Crippen LogP contribution >= 0.6 is 0 Å². The Kier molecular flexibility index (Phi) is 3.48. The van der Waals surface area contributed by atoms with Gasteiger partial charge in [0.2, 0.25) is 0 Å². The van der Waals surface area contributed by atoms with Crippen molar-refractivity contribution < 1.29 is 4.79 Å². The molecule has 0 bridgehead atoms. The van der Waals surface area contributed by atoms with Gasteiger partial charge in [0.25, 0.3) is 5.91 Å². The zero-order valence-electron chi connectivity index (χ0n) is 12.0. The number of benzene rings is 1. The van der Waals surface area contributed by atoms with Crippen LogP contribution in [0.5, 0.6) is 0 Å². The smallest absolute Gasteiger partial charge is 0.274 e. The third-order valence-electron chi connectivity index (χ3n) is 3.56. The lowest BCUT2D eigenvalue weighted by atomic mass is 10.1. The van der Waals surface area contributed by atoms with Crippen LogP contribution in [0.4, 0.5) is 5.69 Å². The minimum absolute atomic E-state index is 0.0231. The first-order valence-electron chi connectivity index (χ1n) is 7.00. The number of hydrogen-bond donors (Lipinski definition) is 1. The highest BCUT2D eigenvalue weighted by molar-refractivity contribution is 5.92. The Morgan fingerprint density at radius 3 is 2.95 bits per heavy atom. The second-order valence-corrected chi connectivity index (χ2v) is 5.31. The van der Waals surface area contributed by atoms with Gasteiger partial charge in [-0.2, -0.15) is 5.10 Å². The first-order valence-corrected chi connectivity index (χ1v) is 7.00. The van der Waals surface area contributed by atoms with Gasteiger partial charge in [-0.3, -0.25) is 4.79 Å². The van der Waals surface area contributed by atoms with Crippen LogP contribution in [0.1, 0.15) is 23.8 Å². The Hall–Kier alpha value is -2.56. The molecule has 0 spiro atoms. The lowest BCUT2D eigenvalue weighted by Crippen LogP contribution is -2.35. The summed E-state index contributed by atoms with van der Waals surface area (Å²) in [6, 6.07) is 9.17. The van der Waals surface area contributed by atoms with Crippen LogP contribution in [0.2, 0.25) is 0 Å². The molecule has 0 fully saturated rings. The van der Waals surface area contributed by atoms with E-state index in [9.17, 15) is 4.79 Å². The zero-order chi connectivity index (χ0) is 14.8. The van der Waals surface area contributed by atoms with E-state index in [1.165, 1.54) is 5.57 Å². The van der Waals surface area contributed by atoms with Gasteiger partial charge in [-0.15, -0.1) is 0 Å². The van der Waals surface area contributed by atoms with Crippen LogP contribution in [0.3, 0.4) is 0 Å². The minimum atomic E-state index is -0.0231. The number of nitrogens with two attached hydrogens (primary N) is 1. The Morgan fingerprint density at radius 1 is 1.33 bits per heavy atom. The monoisotopic (exact) mass is 282 g/mol. The van der Waals surface area contributed by atoms with E-state index in [2.05, 4.69) is 11.2 Å². The maximum absolute atomic E-state index is 12.5. The zero-order valence-corrected chi connectivity index (χ0v) is 12.0. The molecule has 0 saturated carbocycles. The van der Waals surface area contributed by atoms with Crippen LogP contribution in [0, 0.1) is 0 Å². The molecule has 3 rings (SSSR count). The Bertz CT molecular complexity index is 702. The summed E-state index contributed by atoms with van der Waals surface area (Å²) in [5, 5.41) is 4.37. The highest BCUT2D eigenvalue weighted by atomic mass is 16.2. The molecule has 1 aromatic carbocycles. The number of carbonyl (C=O) groups excluding carboxylic acids is 1. The molecule has 108 valence electrons. The highest BCUT2D eigenvalue weighted by Crippen LogP contribution is 2.15. The third kappa shape index (κ3) is 2.81. The summed E-state index contributed by atoms with van der Waals surface area (Å²) in [7, 11) is 0. The van der Waals surface area contributed by atoms with E-state index < -0.39 is 0 Å². The van der Waals surface area contributed by atoms with Crippen molar-refractivity contribution in [3.63, 3.8) is 0 Å². The minimum Gasteiger partial charge on any atom is -0.399 e. The van der Waals surface area contributed by atoms with E-state index in [0.29, 0.717) is 17.9 Å².